The lowest BCUT2D eigenvalue weighted by Gasteiger charge is -2.39. The number of benzene rings is 2. The zero-order valence-corrected chi connectivity index (χ0v) is 20.5. The Balaban J connectivity index is 1.32. The van der Waals surface area contributed by atoms with Crippen molar-refractivity contribution in [2.75, 3.05) is 11.1 Å². The van der Waals surface area contributed by atoms with Gasteiger partial charge in [0.15, 0.2) is 0 Å². The third-order valence-corrected chi connectivity index (χ3v) is 6.98. The number of nitrogens with two attached hydrogens (primary N) is 1. The molecule has 0 spiro atoms. The van der Waals surface area contributed by atoms with E-state index in [9.17, 15) is 4.79 Å². The van der Waals surface area contributed by atoms with E-state index in [1.807, 2.05) is 37.4 Å². The maximum absolute atomic E-state index is 12.9. The molecule has 0 radical (unpaired) electrons. The molecule has 1 aliphatic rings. The maximum Gasteiger partial charge on any atom is 0.251 e. The van der Waals surface area contributed by atoms with Gasteiger partial charge in [0.2, 0.25) is 5.95 Å². The lowest BCUT2D eigenvalue weighted by atomic mass is 9.80. The SMILES string of the molecule is Cc1cnc(N[C@@H]2CCC[C@](C)(NC(=O)c3ccc(N)c(Cl)c3)C2)nc1-c1n[nH]c2ccccc12. The Morgan fingerprint density at radius 1 is 1.23 bits per heavy atom. The number of aryl methyl sites for hydroxylation is 1. The average molecular weight is 490 g/mol. The smallest absolute Gasteiger partial charge is 0.251 e. The van der Waals surface area contributed by atoms with Crippen LogP contribution in [0.4, 0.5) is 11.6 Å². The van der Waals surface area contributed by atoms with Crippen LogP contribution in [-0.2, 0) is 0 Å². The molecule has 0 aliphatic heterocycles. The van der Waals surface area contributed by atoms with Crippen LogP contribution < -0.4 is 16.4 Å². The highest BCUT2D eigenvalue weighted by molar-refractivity contribution is 6.33. The van der Waals surface area contributed by atoms with Gasteiger partial charge in [-0.15, -0.1) is 0 Å². The van der Waals surface area contributed by atoms with E-state index in [2.05, 4.69) is 32.7 Å². The number of nitrogen functional groups attached to an aromatic ring is 1. The molecule has 1 aliphatic carbocycles. The van der Waals surface area contributed by atoms with E-state index >= 15 is 0 Å². The van der Waals surface area contributed by atoms with Crippen molar-refractivity contribution in [1.82, 2.24) is 25.5 Å². The van der Waals surface area contributed by atoms with Crippen molar-refractivity contribution >= 4 is 40.0 Å². The summed E-state index contributed by atoms with van der Waals surface area (Å²) in [6, 6.07) is 13.1. The van der Waals surface area contributed by atoms with Crippen LogP contribution in [0.15, 0.2) is 48.7 Å². The summed E-state index contributed by atoms with van der Waals surface area (Å²) >= 11 is 6.11. The van der Waals surface area contributed by atoms with E-state index in [-0.39, 0.29) is 17.5 Å². The Labute approximate surface area is 208 Å². The molecule has 0 unspecified atom stereocenters. The summed E-state index contributed by atoms with van der Waals surface area (Å²) in [5.41, 5.74) is 9.90. The largest absolute Gasteiger partial charge is 0.398 e. The third kappa shape index (κ3) is 4.79. The number of nitrogens with zero attached hydrogens (tertiary/aromatic N) is 3. The van der Waals surface area contributed by atoms with Crippen LogP contribution in [0.25, 0.3) is 22.3 Å². The van der Waals surface area contributed by atoms with Crippen LogP contribution in [0, 0.1) is 6.92 Å². The molecule has 2 aromatic carbocycles. The fourth-order valence-corrected chi connectivity index (χ4v) is 5.00. The average Bonchev–Trinajstić information content (AvgIpc) is 3.26. The lowest BCUT2D eigenvalue weighted by Crippen LogP contribution is -2.51. The van der Waals surface area contributed by atoms with Gasteiger partial charge < -0.3 is 16.4 Å². The minimum absolute atomic E-state index is 0.121. The second kappa shape index (κ2) is 9.19. The quantitative estimate of drug-likeness (QED) is 0.289. The van der Waals surface area contributed by atoms with E-state index in [1.54, 1.807) is 18.2 Å². The number of halogens is 1. The number of hydrogen-bond acceptors (Lipinski definition) is 6. The molecule has 1 saturated carbocycles. The number of nitrogens with one attached hydrogen (secondary N) is 3. The lowest BCUT2D eigenvalue weighted by molar-refractivity contribution is 0.0879. The summed E-state index contributed by atoms with van der Waals surface area (Å²) in [5.74, 6) is 0.401. The first-order valence-corrected chi connectivity index (χ1v) is 12.1. The van der Waals surface area contributed by atoms with Crippen LogP contribution in [0.3, 0.4) is 0 Å². The number of fused-ring (bicyclic) bond motifs is 1. The van der Waals surface area contributed by atoms with Gasteiger partial charge in [0.25, 0.3) is 5.91 Å². The van der Waals surface area contributed by atoms with Gasteiger partial charge in [-0.05, 0) is 69.4 Å². The topological polar surface area (TPSA) is 122 Å². The summed E-state index contributed by atoms with van der Waals surface area (Å²) in [6.07, 6.45) is 5.40. The molecular weight excluding hydrogens is 462 g/mol. The second-order valence-corrected chi connectivity index (χ2v) is 9.94. The molecule has 9 heteroatoms. The molecule has 180 valence electrons. The molecule has 8 nitrogen and oxygen atoms in total. The van der Waals surface area contributed by atoms with E-state index in [4.69, 9.17) is 22.3 Å². The minimum Gasteiger partial charge on any atom is -0.398 e. The van der Waals surface area contributed by atoms with Crippen molar-refractivity contribution in [3.05, 3.63) is 64.8 Å². The number of carbonyl (C=O) groups is 1. The molecule has 2 atom stereocenters. The van der Waals surface area contributed by atoms with Crippen molar-refractivity contribution in [2.24, 2.45) is 0 Å². The van der Waals surface area contributed by atoms with Crippen molar-refractivity contribution in [1.29, 1.82) is 0 Å². The Bertz CT molecular complexity index is 1400. The highest BCUT2D eigenvalue weighted by Crippen LogP contribution is 2.32. The molecule has 0 bridgehead atoms. The summed E-state index contributed by atoms with van der Waals surface area (Å²) in [7, 11) is 0. The zero-order chi connectivity index (χ0) is 24.6. The fraction of sp³-hybridized carbons (Fsp3) is 0.308. The Hall–Kier alpha value is -3.65. The molecular formula is C26H28ClN7O. The van der Waals surface area contributed by atoms with Crippen LogP contribution in [-0.4, -0.2) is 37.7 Å². The van der Waals surface area contributed by atoms with Gasteiger partial charge in [-0.1, -0.05) is 29.8 Å². The zero-order valence-electron chi connectivity index (χ0n) is 19.7. The van der Waals surface area contributed by atoms with Gasteiger partial charge in [-0.25, -0.2) is 9.97 Å². The normalized spacial score (nSPS) is 20.0. The first-order valence-electron chi connectivity index (χ1n) is 11.7. The molecule has 1 fully saturated rings. The second-order valence-electron chi connectivity index (χ2n) is 9.53. The summed E-state index contributed by atoms with van der Waals surface area (Å²) < 4.78 is 0. The van der Waals surface area contributed by atoms with E-state index < -0.39 is 0 Å². The Morgan fingerprint density at radius 3 is 2.89 bits per heavy atom. The van der Waals surface area contributed by atoms with Gasteiger partial charge in [0, 0.05) is 28.7 Å². The van der Waals surface area contributed by atoms with Crippen LogP contribution in [0.5, 0.6) is 0 Å². The number of aromatic nitrogens is 4. The molecule has 35 heavy (non-hydrogen) atoms. The molecule has 4 aromatic rings. The maximum atomic E-state index is 12.9. The fourth-order valence-electron chi connectivity index (χ4n) is 4.82. The number of amides is 1. The summed E-state index contributed by atoms with van der Waals surface area (Å²) in [6.45, 7) is 4.06. The van der Waals surface area contributed by atoms with Gasteiger partial charge in [-0.2, -0.15) is 5.10 Å². The monoisotopic (exact) mass is 489 g/mol. The van der Waals surface area contributed by atoms with Crippen molar-refractivity contribution < 1.29 is 4.79 Å². The summed E-state index contributed by atoms with van der Waals surface area (Å²) in [5, 5.41) is 15.7. The van der Waals surface area contributed by atoms with Crippen molar-refractivity contribution in [3.8, 4) is 11.4 Å². The number of aromatic amines is 1. The van der Waals surface area contributed by atoms with E-state index in [0.717, 1.165) is 53.5 Å². The first kappa shape index (κ1) is 23.1. The third-order valence-electron chi connectivity index (χ3n) is 6.66. The number of para-hydroxylation sites is 1. The number of carbonyl (C=O) groups excluding carboxylic acids is 1. The molecule has 0 saturated heterocycles. The molecule has 5 rings (SSSR count). The highest BCUT2D eigenvalue weighted by atomic mass is 35.5. The predicted molar refractivity (Wildman–Crippen MR) is 139 cm³/mol. The number of hydrogen-bond donors (Lipinski definition) is 4. The minimum atomic E-state index is -0.368. The Morgan fingerprint density at radius 2 is 2.06 bits per heavy atom. The van der Waals surface area contributed by atoms with Crippen LogP contribution in [0.1, 0.15) is 48.5 Å². The van der Waals surface area contributed by atoms with Crippen molar-refractivity contribution in [3.63, 3.8) is 0 Å². The number of H-pyrrole nitrogens is 1. The van der Waals surface area contributed by atoms with Gasteiger partial charge in [0.1, 0.15) is 5.69 Å². The number of rotatable bonds is 5. The van der Waals surface area contributed by atoms with Crippen LogP contribution >= 0.6 is 11.6 Å². The van der Waals surface area contributed by atoms with E-state index in [1.165, 1.54) is 0 Å². The molecule has 5 N–H and O–H groups in total. The standard InChI is InChI=1S/C26H28ClN7O/c1-15-14-29-25(31-22(15)23-18-7-3-4-8-21(18)33-34-23)30-17-6-5-11-26(2,13-17)32-24(35)16-9-10-20(28)19(27)12-16/h3-4,7-10,12,14,17H,5-6,11,13,28H2,1-2H3,(H,32,35)(H,33,34)(H,29,30,31)/t17-,26+/m1/s1. The highest BCUT2D eigenvalue weighted by Gasteiger charge is 2.34. The molecule has 1 amide bonds. The predicted octanol–water partition coefficient (Wildman–Crippen LogP) is 5.11. The summed E-state index contributed by atoms with van der Waals surface area (Å²) in [4.78, 5) is 22.2. The first-order chi connectivity index (χ1) is 16.8. The molecule has 2 aromatic heterocycles. The molecule has 2 heterocycles. The Kier molecular flexibility index (Phi) is 6.06. The van der Waals surface area contributed by atoms with E-state index in [0.29, 0.717) is 22.2 Å². The van der Waals surface area contributed by atoms with Crippen molar-refractivity contribution in [2.45, 2.75) is 51.1 Å². The van der Waals surface area contributed by atoms with Gasteiger partial charge in [0.05, 0.1) is 21.9 Å². The van der Waals surface area contributed by atoms with Gasteiger partial charge >= 0.3 is 0 Å². The van der Waals surface area contributed by atoms with Gasteiger partial charge in [-0.3, -0.25) is 9.89 Å². The number of anilines is 2. The van der Waals surface area contributed by atoms with Crippen LogP contribution in [0.2, 0.25) is 5.02 Å².